The first-order valence-corrected chi connectivity index (χ1v) is 4.99. The number of aromatic nitrogens is 2. The van der Waals surface area contributed by atoms with Gasteiger partial charge in [0.15, 0.2) is 0 Å². The van der Waals surface area contributed by atoms with Crippen LogP contribution in [0.4, 0.5) is 0 Å². The predicted molar refractivity (Wildman–Crippen MR) is 60.6 cm³/mol. The van der Waals surface area contributed by atoms with Crippen LogP contribution in [0.25, 0.3) is 11.3 Å². The molecule has 0 aliphatic rings. The minimum absolute atomic E-state index is 0.134. The molecule has 1 heterocycles. The molecule has 4 nitrogen and oxygen atoms in total. The van der Waals surface area contributed by atoms with Crippen LogP contribution in [0.3, 0.4) is 0 Å². The van der Waals surface area contributed by atoms with E-state index in [1.807, 2.05) is 12.1 Å². The maximum atomic E-state index is 10.9. The number of hydrogen-bond donors (Lipinski definition) is 1. The van der Waals surface area contributed by atoms with Crippen molar-refractivity contribution in [3.05, 3.63) is 41.0 Å². The first kappa shape index (κ1) is 10.7. The van der Waals surface area contributed by atoms with Crippen molar-refractivity contribution in [3.8, 4) is 11.3 Å². The molecule has 0 atom stereocenters. The summed E-state index contributed by atoms with van der Waals surface area (Å²) in [5.41, 5.74) is 1.42. The van der Waals surface area contributed by atoms with Crippen molar-refractivity contribution in [1.82, 2.24) is 9.78 Å². The summed E-state index contributed by atoms with van der Waals surface area (Å²) in [6.45, 7) is 0. The molecule has 0 aliphatic heterocycles. The molecule has 1 aromatic carbocycles. The Bertz CT molecular complexity index is 549. The Labute approximate surface area is 97.1 Å². The fourth-order valence-corrected chi connectivity index (χ4v) is 1.70. The van der Waals surface area contributed by atoms with Gasteiger partial charge in [-0.2, -0.15) is 5.10 Å². The van der Waals surface area contributed by atoms with Gasteiger partial charge in [-0.1, -0.05) is 29.8 Å². The number of carboxylic acid groups (broad SMARTS) is 1. The topological polar surface area (TPSA) is 55.1 Å². The van der Waals surface area contributed by atoms with Crippen molar-refractivity contribution < 1.29 is 9.90 Å². The average molecular weight is 237 g/mol. The number of aryl methyl sites for hydroxylation is 1. The zero-order chi connectivity index (χ0) is 11.7. The Balaban J connectivity index is 2.54. The molecular formula is C11H9ClN2O2. The number of aromatic carboxylic acids is 1. The van der Waals surface area contributed by atoms with Crippen molar-refractivity contribution >= 4 is 17.6 Å². The molecule has 1 N–H and O–H groups in total. The van der Waals surface area contributed by atoms with Crippen LogP contribution in [-0.4, -0.2) is 20.9 Å². The highest BCUT2D eigenvalue weighted by Crippen LogP contribution is 2.26. The van der Waals surface area contributed by atoms with Gasteiger partial charge in [0.1, 0.15) is 5.69 Å². The summed E-state index contributed by atoms with van der Waals surface area (Å²) in [6, 6.07) is 8.69. The van der Waals surface area contributed by atoms with Gasteiger partial charge < -0.3 is 5.11 Å². The van der Waals surface area contributed by atoms with Crippen LogP contribution >= 0.6 is 11.6 Å². The molecule has 0 fully saturated rings. The maximum absolute atomic E-state index is 10.9. The Morgan fingerprint density at radius 3 is 2.69 bits per heavy atom. The molecule has 0 aliphatic carbocycles. The van der Waals surface area contributed by atoms with Crippen LogP contribution in [-0.2, 0) is 7.05 Å². The first-order valence-electron chi connectivity index (χ1n) is 4.62. The van der Waals surface area contributed by atoms with Crippen molar-refractivity contribution in [1.29, 1.82) is 0 Å². The number of rotatable bonds is 2. The Kier molecular flexibility index (Phi) is 2.66. The molecule has 1 aromatic heterocycles. The number of hydrogen-bond acceptors (Lipinski definition) is 2. The Morgan fingerprint density at radius 2 is 2.12 bits per heavy atom. The summed E-state index contributed by atoms with van der Waals surface area (Å²) in [5.74, 6) is -1.01. The summed E-state index contributed by atoms with van der Waals surface area (Å²) in [7, 11) is 1.59. The molecule has 0 amide bonds. The normalized spacial score (nSPS) is 10.4. The second-order valence-corrected chi connectivity index (χ2v) is 3.73. The fraction of sp³-hybridized carbons (Fsp3) is 0.0909. The van der Waals surface area contributed by atoms with Crippen LogP contribution in [0.1, 0.15) is 10.5 Å². The molecule has 0 radical (unpaired) electrons. The molecule has 0 unspecified atom stereocenters. The van der Waals surface area contributed by atoms with E-state index in [0.29, 0.717) is 10.7 Å². The third-order valence-corrected chi connectivity index (χ3v) is 2.58. The van der Waals surface area contributed by atoms with E-state index in [4.69, 9.17) is 16.7 Å². The highest BCUT2D eigenvalue weighted by Gasteiger charge is 2.14. The van der Waals surface area contributed by atoms with Crippen molar-refractivity contribution in [3.63, 3.8) is 0 Å². The number of carboxylic acids is 1. The van der Waals surface area contributed by atoms with Crippen LogP contribution in [0.5, 0.6) is 0 Å². The molecule has 82 valence electrons. The predicted octanol–water partition coefficient (Wildman–Crippen LogP) is 2.44. The van der Waals surface area contributed by atoms with Crippen LogP contribution < -0.4 is 0 Å². The van der Waals surface area contributed by atoms with Crippen LogP contribution in [0, 0.1) is 0 Å². The van der Waals surface area contributed by atoms with Gasteiger partial charge >= 0.3 is 5.97 Å². The van der Waals surface area contributed by atoms with E-state index in [2.05, 4.69) is 5.10 Å². The van der Waals surface area contributed by atoms with Gasteiger partial charge in [-0.05, 0) is 12.1 Å². The molecule has 0 saturated heterocycles. The molecule has 0 saturated carbocycles. The maximum Gasteiger partial charge on any atom is 0.354 e. The van der Waals surface area contributed by atoms with Gasteiger partial charge in [0.05, 0.1) is 10.7 Å². The molecule has 2 rings (SSSR count). The van der Waals surface area contributed by atoms with E-state index in [1.165, 1.54) is 10.7 Å². The van der Waals surface area contributed by atoms with Gasteiger partial charge in [0.2, 0.25) is 0 Å². The minimum Gasteiger partial charge on any atom is -0.477 e. The molecule has 2 aromatic rings. The molecule has 0 bridgehead atoms. The van der Waals surface area contributed by atoms with E-state index < -0.39 is 5.97 Å². The largest absolute Gasteiger partial charge is 0.477 e. The highest BCUT2D eigenvalue weighted by molar-refractivity contribution is 6.33. The standard InChI is InChI=1S/C11H9ClN2O2/c1-14-10(11(15)16)6-9(13-14)7-4-2-3-5-8(7)12/h2-6H,1H3,(H,15,16). The van der Waals surface area contributed by atoms with E-state index in [0.717, 1.165) is 5.56 Å². The van der Waals surface area contributed by atoms with Crippen LogP contribution in [0.15, 0.2) is 30.3 Å². The van der Waals surface area contributed by atoms with E-state index >= 15 is 0 Å². The quantitative estimate of drug-likeness (QED) is 0.871. The van der Waals surface area contributed by atoms with E-state index in [-0.39, 0.29) is 5.69 Å². The Hall–Kier alpha value is -1.81. The third-order valence-electron chi connectivity index (χ3n) is 2.25. The summed E-state index contributed by atoms with van der Waals surface area (Å²) >= 11 is 6.00. The van der Waals surface area contributed by atoms with Gasteiger partial charge in [0, 0.05) is 12.6 Å². The lowest BCUT2D eigenvalue weighted by Crippen LogP contribution is -2.04. The number of nitrogens with zero attached hydrogens (tertiary/aromatic N) is 2. The first-order chi connectivity index (χ1) is 7.59. The summed E-state index contributed by atoms with van der Waals surface area (Å²) in [5, 5.41) is 13.6. The van der Waals surface area contributed by atoms with Crippen LogP contribution in [0.2, 0.25) is 5.02 Å². The monoisotopic (exact) mass is 236 g/mol. The van der Waals surface area contributed by atoms with E-state index in [9.17, 15) is 4.79 Å². The summed E-state index contributed by atoms with van der Waals surface area (Å²) < 4.78 is 1.32. The second kappa shape index (κ2) is 3.98. The van der Waals surface area contributed by atoms with Gasteiger partial charge in [-0.3, -0.25) is 4.68 Å². The number of halogens is 1. The summed E-state index contributed by atoms with van der Waals surface area (Å²) in [4.78, 5) is 10.9. The Morgan fingerprint density at radius 1 is 1.44 bits per heavy atom. The van der Waals surface area contributed by atoms with Gasteiger partial charge in [0.25, 0.3) is 0 Å². The fourth-order valence-electron chi connectivity index (χ4n) is 1.47. The van der Waals surface area contributed by atoms with E-state index in [1.54, 1.807) is 19.2 Å². The smallest absolute Gasteiger partial charge is 0.354 e. The molecule has 5 heteroatoms. The third kappa shape index (κ3) is 1.79. The number of benzene rings is 1. The van der Waals surface area contributed by atoms with Gasteiger partial charge in [-0.15, -0.1) is 0 Å². The van der Waals surface area contributed by atoms with Crippen molar-refractivity contribution in [2.24, 2.45) is 7.05 Å². The molecule has 16 heavy (non-hydrogen) atoms. The number of carbonyl (C=O) groups is 1. The molecular weight excluding hydrogens is 228 g/mol. The lowest BCUT2D eigenvalue weighted by Gasteiger charge is -1.98. The molecule has 0 spiro atoms. The van der Waals surface area contributed by atoms with Crippen molar-refractivity contribution in [2.75, 3.05) is 0 Å². The summed E-state index contributed by atoms with van der Waals surface area (Å²) in [6.07, 6.45) is 0. The van der Waals surface area contributed by atoms with Gasteiger partial charge in [-0.25, -0.2) is 4.79 Å². The zero-order valence-corrected chi connectivity index (χ0v) is 9.27. The zero-order valence-electron chi connectivity index (χ0n) is 8.51. The SMILES string of the molecule is Cn1nc(-c2ccccc2Cl)cc1C(=O)O. The lowest BCUT2D eigenvalue weighted by molar-refractivity contribution is 0.0685. The second-order valence-electron chi connectivity index (χ2n) is 3.32. The highest BCUT2D eigenvalue weighted by atomic mass is 35.5. The average Bonchev–Trinajstić information content (AvgIpc) is 2.61. The lowest BCUT2D eigenvalue weighted by atomic mass is 10.1. The van der Waals surface area contributed by atoms with Crippen molar-refractivity contribution in [2.45, 2.75) is 0 Å². The minimum atomic E-state index is -1.01.